The Labute approximate surface area is 230 Å². The minimum absolute atomic E-state index is 0.425. The van der Waals surface area contributed by atoms with Crippen molar-refractivity contribution in [3.05, 3.63) is 59.2 Å². The highest BCUT2D eigenvalue weighted by molar-refractivity contribution is 6.32. The summed E-state index contributed by atoms with van der Waals surface area (Å²) in [6, 6.07) is 14.2. The number of nitrogens with zero attached hydrogens (tertiary/aromatic N) is 4. The van der Waals surface area contributed by atoms with Gasteiger partial charge in [-0.05, 0) is 69.4 Å². The number of benzene rings is 2. The van der Waals surface area contributed by atoms with Gasteiger partial charge in [-0.1, -0.05) is 29.8 Å². The van der Waals surface area contributed by atoms with Crippen LogP contribution in [0.1, 0.15) is 31.2 Å². The first-order valence-electron chi connectivity index (χ1n) is 13.2. The van der Waals surface area contributed by atoms with Crippen molar-refractivity contribution >= 4 is 40.4 Å². The normalized spacial score (nSPS) is 17.4. The average molecular weight is 537 g/mol. The zero-order valence-electron chi connectivity index (χ0n) is 22.5. The van der Waals surface area contributed by atoms with E-state index in [9.17, 15) is 0 Å². The third-order valence-electron chi connectivity index (χ3n) is 7.98. The predicted octanol–water partition coefficient (Wildman–Crippen LogP) is 6.08. The Morgan fingerprint density at radius 3 is 2.42 bits per heavy atom. The van der Waals surface area contributed by atoms with Crippen molar-refractivity contribution in [1.29, 1.82) is 0 Å². The van der Waals surface area contributed by atoms with Crippen LogP contribution in [0.2, 0.25) is 5.02 Å². The molecule has 1 aromatic heterocycles. The van der Waals surface area contributed by atoms with Crippen molar-refractivity contribution in [2.45, 2.75) is 32.3 Å². The van der Waals surface area contributed by atoms with Crippen molar-refractivity contribution in [3.8, 4) is 5.75 Å². The largest absolute Gasteiger partial charge is 0.494 e. The highest BCUT2D eigenvalue weighted by Gasteiger charge is 2.36. The van der Waals surface area contributed by atoms with Crippen molar-refractivity contribution < 1.29 is 9.47 Å². The molecule has 2 N–H and O–H groups in total. The number of hydrogen-bond donors (Lipinski definition) is 2. The molecule has 2 aliphatic heterocycles. The first kappa shape index (κ1) is 26.5. The summed E-state index contributed by atoms with van der Waals surface area (Å²) in [6.45, 7) is 5.09. The maximum Gasteiger partial charge on any atom is 0.229 e. The standard InChI is InChI=1S/C29H37ClN6O2/c1-35-14-10-29(11-15-35)12-16-36(17-13-29)22-8-9-25(26(18-22)38-3)33-28-31-19-23(30)27(34-28)32-24-7-5-4-6-21(24)20-37-2/h4-9,18-19H,10-17,20H2,1-3H3,(H2,31,32,33,34). The summed E-state index contributed by atoms with van der Waals surface area (Å²) in [5, 5.41) is 7.05. The second kappa shape index (κ2) is 11.8. The van der Waals surface area contributed by atoms with Gasteiger partial charge < -0.3 is 29.9 Å². The lowest BCUT2D eigenvalue weighted by Crippen LogP contribution is -2.46. The van der Waals surface area contributed by atoms with Gasteiger partial charge in [-0.15, -0.1) is 0 Å². The first-order chi connectivity index (χ1) is 18.5. The van der Waals surface area contributed by atoms with E-state index in [0.29, 0.717) is 28.8 Å². The van der Waals surface area contributed by atoms with Gasteiger partial charge in [0.05, 0.1) is 25.6 Å². The zero-order valence-corrected chi connectivity index (χ0v) is 23.2. The molecule has 2 aliphatic rings. The van der Waals surface area contributed by atoms with Gasteiger partial charge >= 0.3 is 0 Å². The molecular formula is C29H37ClN6O2. The number of anilines is 5. The number of rotatable bonds is 8. The van der Waals surface area contributed by atoms with Crippen LogP contribution >= 0.6 is 11.6 Å². The summed E-state index contributed by atoms with van der Waals surface area (Å²) in [7, 11) is 5.60. The fraction of sp³-hybridized carbons (Fsp3) is 0.448. The number of halogens is 1. The molecule has 2 saturated heterocycles. The zero-order chi connectivity index (χ0) is 26.5. The van der Waals surface area contributed by atoms with Crippen LogP contribution in [-0.4, -0.2) is 62.3 Å². The number of hydrogen-bond acceptors (Lipinski definition) is 8. The molecule has 1 spiro atoms. The average Bonchev–Trinajstić information content (AvgIpc) is 2.94. The van der Waals surface area contributed by atoms with E-state index in [0.717, 1.165) is 35.8 Å². The van der Waals surface area contributed by atoms with E-state index < -0.39 is 0 Å². The topological polar surface area (TPSA) is 74.8 Å². The molecule has 0 unspecified atom stereocenters. The molecular weight excluding hydrogens is 500 g/mol. The van der Waals surface area contributed by atoms with Crippen molar-refractivity contribution in [2.24, 2.45) is 5.41 Å². The molecule has 2 fully saturated rings. The molecule has 202 valence electrons. The number of likely N-dealkylation sites (tertiary alicyclic amines) is 1. The highest BCUT2D eigenvalue weighted by Crippen LogP contribution is 2.42. The summed E-state index contributed by atoms with van der Waals surface area (Å²) < 4.78 is 11.1. The predicted molar refractivity (Wildman–Crippen MR) is 154 cm³/mol. The first-order valence-corrected chi connectivity index (χ1v) is 13.6. The van der Waals surface area contributed by atoms with E-state index in [-0.39, 0.29) is 0 Å². The van der Waals surface area contributed by atoms with E-state index in [1.807, 2.05) is 30.3 Å². The second-order valence-corrected chi connectivity index (χ2v) is 10.8. The molecule has 9 heteroatoms. The van der Waals surface area contributed by atoms with E-state index in [2.05, 4.69) is 49.6 Å². The number of para-hydroxylation sites is 1. The molecule has 3 heterocycles. The summed E-state index contributed by atoms with van der Waals surface area (Å²) in [5.74, 6) is 1.69. The molecule has 38 heavy (non-hydrogen) atoms. The van der Waals surface area contributed by atoms with E-state index in [1.54, 1.807) is 20.4 Å². The van der Waals surface area contributed by atoms with Gasteiger partial charge in [-0.2, -0.15) is 4.98 Å². The van der Waals surface area contributed by atoms with Gasteiger partial charge in [0, 0.05) is 43.2 Å². The van der Waals surface area contributed by atoms with Crippen LogP contribution in [0.5, 0.6) is 5.75 Å². The third kappa shape index (κ3) is 5.98. The van der Waals surface area contributed by atoms with Crippen LogP contribution in [0.25, 0.3) is 0 Å². The van der Waals surface area contributed by atoms with Crippen molar-refractivity contribution in [2.75, 3.05) is 63.0 Å². The SMILES string of the molecule is COCc1ccccc1Nc1nc(Nc2ccc(N3CCC4(CCN(C)CC4)CC3)cc2OC)ncc1Cl. The Hall–Kier alpha value is -3.07. The molecule has 0 radical (unpaired) electrons. The van der Waals surface area contributed by atoms with Gasteiger partial charge in [0.15, 0.2) is 5.82 Å². The number of piperidine rings is 2. The van der Waals surface area contributed by atoms with Crippen LogP contribution < -0.4 is 20.3 Å². The summed E-state index contributed by atoms with van der Waals surface area (Å²) >= 11 is 6.43. The molecule has 3 aromatic rings. The molecule has 0 aliphatic carbocycles. The Balaban J connectivity index is 1.28. The van der Waals surface area contributed by atoms with Gasteiger partial charge in [0.2, 0.25) is 5.95 Å². The minimum Gasteiger partial charge on any atom is -0.494 e. The van der Waals surface area contributed by atoms with Crippen molar-refractivity contribution in [1.82, 2.24) is 14.9 Å². The van der Waals surface area contributed by atoms with E-state index in [4.69, 9.17) is 21.1 Å². The second-order valence-electron chi connectivity index (χ2n) is 10.4. The lowest BCUT2D eigenvalue weighted by atomic mass is 9.71. The lowest BCUT2D eigenvalue weighted by Gasteiger charge is -2.47. The fourth-order valence-corrected chi connectivity index (χ4v) is 5.64. The highest BCUT2D eigenvalue weighted by atomic mass is 35.5. The van der Waals surface area contributed by atoms with Crippen LogP contribution in [0.15, 0.2) is 48.7 Å². The third-order valence-corrected chi connectivity index (χ3v) is 8.26. The van der Waals surface area contributed by atoms with Crippen LogP contribution in [0.3, 0.4) is 0 Å². The number of methoxy groups -OCH3 is 2. The molecule has 2 aromatic carbocycles. The minimum atomic E-state index is 0.425. The molecule has 0 amide bonds. The summed E-state index contributed by atoms with van der Waals surface area (Å²) in [6.07, 6.45) is 6.74. The van der Waals surface area contributed by atoms with Gasteiger partial charge in [0.1, 0.15) is 10.8 Å². The Morgan fingerprint density at radius 1 is 0.947 bits per heavy atom. The van der Waals surface area contributed by atoms with E-state index >= 15 is 0 Å². The van der Waals surface area contributed by atoms with Gasteiger partial charge in [0.25, 0.3) is 0 Å². The maximum absolute atomic E-state index is 6.43. The maximum atomic E-state index is 6.43. The van der Waals surface area contributed by atoms with Crippen LogP contribution in [-0.2, 0) is 11.3 Å². The Bertz CT molecular complexity index is 1240. The van der Waals surface area contributed by atoms with Crippen LogP contribution in [0, 0.1) is 5.41 Å². The molecule has 5 rings (SSSR count). The quantitative estimate of drug-likeness (QED) is 0.358. The van der Waals surface area contributed by atoms with Crippen molar-refractivity contribution in [3.63, 3.8) is 0 Å². The Morgan fingerprint density at radius 2 is 1.68 bits per heavy atom. The van der Waals surface area contributed by atoms with E-state index in [1.165, 1.54) is 44.5 Å². The smallest absolute Gasteiger partial charge is 0.229 e. The molecule has 0 atom stereocenters. The number of ether oxygens (including phenoxy) is 2. The summed E-state index contributed by atoms with van der Waals surface area (Å²) in [5.41, 5.74) is 4.40. The molecule has 8 nitrogen and oxygen atoms in total. The number of nitrogens with one attached hydrogen (secondary N) is 2. The van der Waals surface area contributed by atoms with Gasteiger partial charge in [-0.3, -0.25) is 0 Å². The van der Waals surface area contributed by atoms with Gasteiger partial charge in [-0.25, -0.2) is 4.98 Å². The summed E-state index contributed by atoms with van der Waals surface area (Å²) in [4.78, 5) is 14.0. The molecule has 0 bridgehead atoms. The monoisotopic (exact) mass is 536 g/mol. The Kier molecular flexibility index (Phi) is 8.21. The fourth-order valence-electron chi connectivity index (χ4n) is 5.50. The molecule has 0 saturated carbocycles. The lowest BCUT2D eigenvalue weighted by molar-refractivity contribution is 0.0945. The van der Waals surface area contributed by atoms with Crippen LogP contribution in [0.4, 0.5) is 28.8 Å². The number of aromatic nitrogens is 2.